The fourth-order valence-electron chi connectivity index (χ4n) is 3.93. The predicted octanol–water partition coefficient (Wildman–Crippen LogP) is 5.53. The van der Waals surface area contributed by atoms with Gasteiger partial charge < -0.3 is 4.57 Å². The monoisotopic (exact) mass is 438 g/mol. The molecule has 2 heterocycles. The number of hydrogen-bond acceptors (Lipinski definition) is 2. The van der Waals surface area contributed by atoms with Crippen molar-refractivity contribution in [2.45, 2.75) is 13.0 Å². The molecule has 5 rings (SSSR count). The molecule has 0 radical (unpaired) electrons. The molecule has 0 fully saturated rings. The summed E-state index contributed by atoms with van der Waals surface area (Å²) >= 11 is 3.49. The molecule has 2 aromatic heterocycles. The van der Waals surface area contributed by atoms with Gasteiger partial charge in [0.1, 0.15) is 11.6 Å². The van der Waals surface area contributed by atoms with Crippen LogP contribution in [-0.4, -0.2) is 15.3 Å². The van der Waals surface area contributed by atoms with Gasteiger partial charge in [-0.1, -0.05) is 22.0 Å². The number of rotatable bonds is 2. The molecule has 4 aromatic rings. The molecular formula is C22H13BrF2N2O. The highest BCUT2D eigenvalue weighted by molar-refractivity contribution is 9.10. The highest BCUT2D eigenvalue weighted by Crippen LogP contribution is 2.41. The summed E-state index contributed by atoms with van der Waals surface area (Å²) in [4.78, 5) is 17.4. The standard InChI is InChI=1S/C22H13BrF2N2O/c23-13-3-6-19-16(9-13)21-15-2-1-7-26-18(15)10-20(28)22(21)27(19)11-12-8-14(24)4-5-17(12)25/h1-9H,10-11H2. The zero-order valence-corrected chi connectivity index (χ0v) is 16.1. The Balaban J connectivity index is 1.83. The number of fused-ring (bicyclic) bond motifs is 5. The Morgan fingerprint density at radius 3 is 2.82 bits per heavy atom. The van der Waals surface area contributed by atoms with E-state index in [2.05, 4.69) is 20.9 Å². The average molecular weight is 439 g/mol. The van der Waals surface area contributed by atoms with E-state index in [1.165, 1.54) is 6.07 Å². The van der Waals surface area contributed by atoms with E-state index in [0.717, 1.165) is 44.3 Å². The lowest BCUT2D eigenvalue weighted by Crippen LogP contribution is -2.18. The summed E-state index contributed by atoms with van der Waals surface area (Å²) < 4.78 is 30.7. The van der Waals surface area contributed by atoms with Crippen LogP contribution in [0.25, 0.3) is 22.0 Å². The maximum atomic E-state index is 14.3. The van der Waals surface area contributed by atoms with Crippen LogP contribution in [0, 0.1) is 11.6 Å². The quantitative estimate of drug-likeness (QED) is 0.412. The van der Waals surface area contributed by atoms with E-state index in [0.29, 0.717) is 5.69 Å². The molecular weight excluding hydrogens is 426 g/mol. The molecule has 138 valence electrons. The second-order valence-electron chi connectivity index (χ2n) is 6.80. The van der Waals surface area contributed by atoms with Crippen molar-refractivity contribution in [2.75, 3.05) is 0 Å². The fourth-order valence-corrected chi connectivity index (χ4v) is 4.29. The van der Waals surface area contributed by atoms with Gasteiger partial charge in [-0.15, -0.1) is 0 Å². The second-order valence-corrected chi connectivity index (χ2v) is 7.72. The Morgan fingerprint density at radius 1 is 1.11 bits per heavy atom. The van der Waals surface area contributed by atoms with E-state index >= 15 is 0 Å². The number of pyridine rings is 1. The van der Waals surface area contributed by atoms with Crippen LogP contribution < -0.4 is 0 Å². The van der Waals surface area contributed by atoms with Crippen LogP contribution in [0.15, 0.2) is 59.2 Å². The average Bonchev–Trinajstić information content (AvgIpc) is 2.99. The number of Topliss-reactive ketones (excluding diaryl/α,β-unsaturated/α-hetero) is 1. The van der Waals surface area contributed by atoms with E-state index in [1.807, 2.05) is 30.3 Å². The van der Waals surface area contributed by atoms with Gasteiger partial charge in [0.2, 0.25) is 0 Å². The van der Waals surface area contributed by atoms with Gasteiger partial charge in [-0.05, 0) is 42.5 Å². The van der Waals surface area contributed by atoms with Crippen LogP contribution in [0.4, 0.5) is 8.78 Å². The summed E-state index contributed by atoms with van der Waals surface area (Å²) in [5.41, 5.74) is 3.94. The normalized spacial score (nSPS) is 12.9. The minimum atomic E-state index is -0.509. The lowest BCUT2D eigenvalue weighted by molar-refractivity contribution is 0.0982. The van der Waals surface area contributed by atoms with Gasteiger partial charge >= 0.3 is 0 Å². The summed E-state index contributed by atoms with van der Waals surface area (Å²) in [6, 6.07) is 12.9. The summed E-state index contributed by atoms with van der Waals surface area (Å²) in [6.07, 6.45) is 1.86. The first-order valence-corrected chi connectivity index (χ1v) is 9.55. The Morgan fingerprint density at radius 2 is 1.96 bits per heavy atom. The molecule has 0 amide bonds. The first kappa shape index (κ1) is 17.3. The molecule has 0 saturated heterocycles. The Labute approximate surface area is 167 Å². The molecule has 3 nitrogen and oxygen atoms in total. The van der Waals surface area contributed by atoms with Crippen LogP contribution in [-0.2, 0) is 13.0 Å². The van der Waals surface area contributed by atoms with Crippen LogP contribution in [0.2, 0.25) is 0 Å². The van der Waals surface area contributed by atoms with Gasteiger partial charge in [-0.25, -0.2) is 8.78 Å². The number of halogens is 3. The van der Waals surface area contributed by atoms with E-state index in [1.54, 1.807) is 10.8 Å². The van der Waals surface area contributed by atoms with Crippen molar-refractivity contribution in [3.8, 4) is 11.1 Å². The van der Waals surface area contributed by atoms with Gasteiger partial charge in [-0.3, -0.25) is 9.78 Å². The molecule has 1 aliphatic rings. The van der Waals surface area contributed by atoms with Crippen molar-refractivity contribution in [1.29, 1.82) is 0 Å². The van der Waals surface area contributed by atoms with Gasteiger partial charge in [0.15, 0.2) is 5.78 Å². The van der Waals surface area contributed by atoms with Gasteiger partial charge in [0.25, 0.3) is 0 Å². The van der Waals surface area contributed by atoms with E-state index in [-0.39, 0.29) is 24.3 Å². The molecule has 6 heteroatoms. The third kappa shape index (κ3) is 2.59. The minimum Gasteiger partial charge on any atom is -0.333 e. The maximum Gasteiger partial charge on any atom is 0.185 e. The Hall–Kier alpha value is -2.86. The molecule has 0 atom stereocenters. The Bertz CT molecular complexity index is 1280. The van der Waals surface area contributed by atoms with Gasteiger partial charge in [0, 0.05) is 38.3 Å². The van der Waals surface area contributed by atoms with Gasteiger partial charge in [-0.2, -0.15) is 0 Å². The molecule has 0 spiro atoms. The number of hydrogen-bond donors (Lipinski definition) is 0. The predicted molar refractivity (Wildman–Crippen MR) is 106 cm³/mol. The summed E-state index contributed by atoms with van der Waals surface area (Å²) in [5, 5.41) is 0.878. The highest BCUT2D eigenvalue weighted by Gasteiger charge is 2.30. The zero-order valence-electron chi connectivity index (χ0n) is 14.5. The highest BCUT2D eigenvalue weighted by atomic mass is 79.9. The maximum absolute atomic E-state index is 14.3. The van der Waals surface area contributed by atoms with E-state index in [4.69, 9.17) is 0 Å². The summed E-state index contributed by atoms with van der Waals surface area (Å²) in [5.74, 6) is -1.09. The number of aromatic nitrogens is 2. The molecule has 0 bridgehead atoms. The largest absolute Gasteiger partial charge is 0.333 e. The van der Waals surface area contributed by atoms with Gasteiger partial charge in [0.05, 0.1) is 24.4 Å². The van der Waals surface area contributed by atoms with Crippen LogP contribution in [0.3, 0.4) is 0 Å². The van der Waals surface area contributed by atoms with Crippen molar-refractivity contribution >= 4 is 32.6 Å². The summed E-state index contributed by atoms with van der Waals surface area (Å²) in [6.45, 7) is 0.0679. The zero-order chi connectivity index (χ0) is 19.4. The van der Waals surface area contributed by atoms with Crippen LogP contribution >= 0.6 is 15.9 Å². The first-order valence-electron chi connectivity index (χ1n) is 8.76. The van der Waals surface area contributed by atoms with Crippen molar-refractivity contribution in [3.63, 3.8) is 0 Å². The van der Waals surface area contributed by atoms with Crippen molar-refractivity contribution in [2.24, 2.45) is 0 Å². The number of carbonyl (C=O) groups excluding carboxylic acids is 1. The topological polar surface area (TPSA) is 34.9 Å². The molecule has 2 aromatic carbocycles. The number of benzene rings is 2. The Kier molecular flexibility index (Phi) is 3.91. The number of ketones is 1. The molecule has 1 aliphatic carbocycles. The molecule has 28 heavy (non-hydrogen) atoms. The fraction of sp³-hybridized carbons (Fsp3) is 0.0909. The minimum absolute atomic E-state index is 0.0679. The summed E-state index contributed by atoms with van der Waals surface area (Å²) in [7, 11) is 0. The third-order valence-electron chi connectivity index (χ3n) is 5.11. The molecule has 0 N–H and O–H groups in total. The molecule has 0 unspecified atom stereocenters. The van der Waals surface area contributed by atoms with Crippen molar-refractivity contribution in [1.82, 2.24) is 9.55 Å². The number of nitrogens with zero attached hydrogens (tertiary/aromatic N) is 2. The van der Waals surface area contributed by atoms with E-state index in [9.17, 15) is 13.6 Å². The number of carbonyl (C=O) groups is 1. The second kappa shape index (κ2) is 6.34. The van der Waals surface area contributed by atoms with Crippen LogP contribution in [0.1, 0.15) is 21.7 Å². The van der Waals surface area contributed by atoms with Crippen LogP contribution in [0.5, 0.6) is 0 Å². The SMILES string of the molecule is O=C1Cc2ncccc2-c2c1n(Cc1cc(F)ccc1F)c1ccc(Br)cc21. The lowest BCUT2D eigenvalue weighted by Gasteiger charge is -2.18. The first-order chi connectivity index (χ1) is 13.5. The molecule has 0 aliphatic heterocycles. The smallest absolute Gasteiger partial charge is 0.185 e. The molecule has 0 saturated carbocycles. The van der Waals surface area contributed by atoms with Crippen molar-refractivity contribution < 1.29 is 13.6 Å². The van der Waals surface area contributed by atoms with Crippen molar-refractivity contribution in [3.05, 3.63) is 87.8 Å². The third-order valence-corrected chi connectivity index (χ3v) is 5.61. The lowest BCUT2D eigenvalue weighted by atomic mass is 9.91. The van der Waals surface area contributed by atoms with E-state index < -0.39 is 11.6 Å².